The van der Waals surface area contributed by atoms with Gasteiger partial charge in [-0.2, -0.15) is 0 Å². The van der Waals surface area contributed by atoms with E-state index in [9.17, 15) is 4.79 Å². The number of hydrogen-bond acceptors (Lipinski definition) is 3. The summed E-state index contributed by atoms with van der Waals surface area (Å²) in [7, 11) is 3.59. The first-order chi connectivity index (χ1) is 7.90. The minimum Gasteiger partial charge on any atom is -0.496 e. The topological polar surface area (TPSA) is 29.5 Å². The van der Waals surface area contributed by atoms with Gasteiger partial charge >= 0.3 is 0 Å². The van der Waals surface area contributed by atoms with E-state index in [1.54, 1.807) is 7.11 Å². The normalized spacial score (nSPS) is 11.1. The van der Waals surface area contributed by atoms with Gasteiger partial charge < -0.3 is 14.4 Å². The number of carbonyl (C=O) groups is 1. The molecule has 0 amide bonds. The average Bonchev–Trinajstić information content (AvgIpc) is 2.27. The third-order valence-electron chi connectivity index (χ3n) is 2.78. The summed E-state index contributed by atoms with van der Waals surface area (Å²) in [6.45, 7) is 6.84. The molecule has 3 nitrogen and oxygen atoms in total. The van der Waals surface area contributed by atoms with Gasteiger partial charge in [-0.25, -0.2) is 0 Å². The van der Waals surface area contributed by atoms with E-state index in [0.717, 1.165) is 23.3 Å². The summed E-state index contributed by atoms with van der Waals surface area (Å²) in [6.07, 6.45) is 0.904. The number of likely N-dealkylation sites (N-methyl/N-ethyl adjacent to an activating group) is 1. The summed E-state index contributed by atoms with van der Waals surface area (Å²) < 4.78 is 5.38. The first-order valence-electron chi connectivity index (χ1n) is 5.73. The van der Waals surface area contributed by atoms with E-state index in [1.807, 2.05) is 24.1 Å². The van der Waals surface area contributed by atoms with E-state index in [-0.39, 0.29) is 5.41 Å². The standard InChI is InChI=1S/C14H21NO2/c1-14(2,3)12-10-11(15(4)8-9-16)6-7-13(12)17-5/h6-7,9-10H,8H2,1-5H3. The molecule has 0 spiro atoms. The molecule has 0 N–H and O–H groups in total. The number of hydrogen-bond donors (Lipinski definition) is 0. The van der Waals surface area contributed by atoms with Crippen LogP contribution in [0.5, 0.6) is 5.75 Å². The lowest BCUT2D eigenvalue weighted by Gasteiger charge is -2.25. The van der Waals surface area contributed by atoms with Crippen LogP contribution in [0.4, 0.5) is 5.69 Å². The molecule has 0 atom stereocenters. The van der Waals surface area contributed by atoms with Crippen molar-refractivity contribution >= 4 is 12.0 Å². The summed E-state index contributed by atoms with van der Waals surface area (Å²) in [5, 5.41) is 0. The second-order valence-electron chi connectivity index (χ2n) is 5.18. The molecule has 0 aliphatic heterocycles. The van der Waals surface area contributed by atoms with Crippen molar-refractivity contribution in [1.82, 2.24) is 0 Å². The summed E-state index contributed by atoms with van der Waals surface area (Å²) >= 11 is 0. The zero-order valence-electron chi connectivity index (χ0n) is 11.3. The van der Waals surface area contributed by atoms with Crippen molar-refractivity contribution in [3.05, 3.63) is 23.8 Å². The van der Waals surface area contributed by atoms with Crippen LogP contribution in [-0.4, -0.2) is 27.0 Å². The largest absolute Gasteiger partial charge is 0.496 e. The second kappa shape index (κ2) is 5.21. The lowest BCUT2D eigenvalue weighted by Crippen LogP contribution is -2.21. The first-order valence-corrected chi connectivity index (χ1v) is 5.73. The Morgan fingerprint density at radius 3 is 2.47 bits per heavy atom. The van der Waals surface area contributed by atoms with Crippen molar-refractivity contribution in [1.29, 1.82) is 0 Å². The highest BCUT2D eigenvalue weighted by atomic mass is 16.5. The molecule has 0 radical (unpaired) electrons. The smallest absolute Gasteiger partial charge is 0.139 e. The Bertz CT molecular complexity index is 394. The molecule has 17 heavy (non-hydrogen) atoms. The predicted molar refractivity (Wildman–Crippen MR) is 71.0 cm³/mol. The number of carbonyl (C=O) groups excluding carboxylic acids is 1. The fourth-order valence-electron chi connectivity index (χ4n) is 1.74. The summed E-state index contributed by atoms with van der Waals surface area (Å²) in [5.74, 6) is 0.890. The van der Waals surface area contributed by atoms with Gasteiger partial charge in [0.2, 0.25) is 0 Å². The van der Waals surface area contributed by atoms with Crippen molar-refractivity contribution in [2.75, 3.05) is 25.6 Å². The Kier molecular flexibility index (Phi) is 4.16. The van der Waals surface area contributed by atoms with Crippen molar-refractivity contribution in [2.24, 2.45) is 0 Å². The first kappa shape index (κ1) is 13.6. The molecule has 0 saturated carbocycles. The molecule has 0 aliphatic carbocycles. The highest BCUT2D eigenvalue weighted by molar-refractivity contribution is 5.62. The molecular weight excluding hydrogens is 214 g/mol. The SMILES string of the molecule is COc1ccc(N(C)CC=O)cc1C(C)(C)C. The van der Waals surface area contributed by atoms with E-state index in [4.69, 9.17) is 4.74 Å². The number of rotatable bonds is 4. The van der Waals surface area contributed by atoms with Gasteiger partial charge in [-0.05, 0) is 23.6 Å². The Morgan fingerprint density at radius 1 is 1.35 bits per heavy atom. The zero-order valence-corrected chi connectivity index (χ0v) is 11.3. The Morgan fingerprint density at radius 2 is 2.00 bits per heavy atom. The van der Waals surface area contributed by atoms with E-state index in [2.05, 4.69) is 26.8 Å². The predicted octanol–water partition coefficient (Wildman–Crippen LogP) is 2.63. The maximum Gasteiger partial charge on any atom is 0.139 e. The van der Waals surface area contributed by atoms with Crippen LogP contribution in [0, 0.1) is 0 Å². The number of nitrogens with zero attached hydrogens (tertiary/aromatic N) is 1. The van der Waals surface area contributed by atoms with Crippen LogP contribution in [0.1, 0.15) is 26.3 Å². The van der Waals surface area contributed by atoms with Crippen molar-refractivity contribution in [3.63, 3.8) is 0 Å². The fourth-order valence-corrected chi connectivity index (χ4v) is 1.74. The van der Waals surface area contributed by atoms with Gasteiger partial charge in [0, 0.05) is 18.3 Å². The molecule has 1 rings (SSSR count). The van der Waals surface area contributed by atoms with Crippen LogP contribution < -0.4 is 9.64 Å². The van der Waals surface area contributed by atoms with E-state index in [0.29, 0.717) is 6.54 Å². The fraction of sp³-hybridized carbons (Fsp3) is 0.500. The molecular formula is C14H21NO2. The van der Waals surface area contributed by atoms with Gasteiger partial charge in [0.1, 0.15) is 12.0 Å². The molecule has 0 bridgehead atoms. The summed E-state index contributed by atoms with van der Waals surface area (Å²) in [6, 6.07) is 6.01. The molecule has 0 saturated heterocycles. The molecule has 94 valence electrons. The summed E-state index contributed by atoms with van der Waals surface area (Å²) in [4.78, 5) is 12.4. The number of anilines is 1. The molecule has 1 aromatic carbocycles. The molecule has 0 unspecified atom stereocenters. The maximum atomic E-state index is 10.5. The van der Waals surface area contributed by atoms with Crippen LogP contribution in [0.3, 0.4) is 0 Å². The Hall–Kier alpha value is -1.51. The van der Waals surface area contributed by atoms with E-state index in [1.165, 1.54) is 0 Å². The molecule has 1 aromatic rings. The Labute approximate surface area is 103 Å². The van der Waals surface area contributed by atoms with E-state index < -0.39 is 0 Å². The number of aldehydes is 1. The molecule has 0 aliphatic rings. The lowest BCUT2D eigenvalue weighted by atomic mass is 9.86. The average molecular weight is 235 g/mol. The third-order valence-corrected chi connectivity index (χ3v) is 2.78. The summed E-state index contributed by atoms with van der Waals surface area (Å²) in [5.41, 5.74) is 2.20. The van der Waals surface area contributed by atoms with Gasteiger partial charge in [0.05, 0.1) is 13.7 Å². The van der Waals surface area contributed by atoms with Crippen LogP contribution in [0.15, 0.2) is 18.2 Å². The zero-order chi connectivity index (χ0) is 13.1. The minimum atomic E-state index is 0.0172. The quantitative estimate of drug-likeness (QED) is 0.751. The van der Waals surface area contributed by atoms with Crippen molar-refractivity contribution in [2.45, 2.75) is 26.2 Å². The van der Waals surface area contributed by atoms with Gasteiger partial charge in [-0.15, -0.1) is 0 Å². The lowest BCUT2D eigenvalue weighted by molar-refractivity contribution is -0.106. The number of ether oxygens (including phenoxy) is 1. The van der Waals surface area contributed by atoms with Gasteiger partial charge in [0.15, 0.2) is 0 Å². The monoisotopic (exact) mass is 235 g/mol. The molecule has 0 aromatic heterocycles. The molecule has 3 heteroatoms. The van der Waals surface area contributed by atoms with Crippen LogP contribution in [0.2, 0.25) is 0 Å². The second-order valence-corrected chi connectivity index (χ2v) is 5.18. The van der Waals surface area contributed by atoms with Gasteiger partial charge in [-0.3, -0.25) is 0 Å². The van der Waals surface area contributed by atoms with Gasteiger partial charge in [-0.1, -0.05) is 20.8 Å². The molecule has 0 fully saturated rings. The van der Waals surface area contributed by atoms with Crippen molar-refractivity contribution in [3.8, 4) is 5.75 Å². The minimum absolute atomic E-state index is 0.0172. The van der Waals surface area contributed by atoms with Gasteiger partial charge in [0.25, 0.3) is 0 Å². The maximum absolute atomic E-state index is 10.5. The van der Waals surface area contributed by atoms with Crippen LogP contribution >= 0.6 is 0 Å². The third kappa shape index (κ3) is 3.22. The number of benzene rings is 1. The Balaban J connectivity index is 3.17. The highest BCUT2D eigenvalue weighted by Gasteiger charge is 2.19. The number of methoxy groups -OCH3 is 1. The van der Waals surface area contributed by atoms with Crippen molar-refractivity contribution < 1.29 is 9.53 Å². The van der Waals surface area contributed by atoms with Crippen LogP contribution in [-0.2, 0) is 10.2 Å². The van der Waals surface area contributed by atoms with E-state index >= 15 is 0 Å². The molecule has 0 heterocycles. The van der Waals surface area contributed by atoms with Crippen LogP contribution in [0.25, 0.3) is 0 Å². The highest BCUT2D eigenvalue weighted by Crippen LogP contribution is 2.34.